The molecule has 0 fully saturated rings. The quantitative estimate of drug-likeness (QED) is 0.610. The van der Waals surface area contributed by atoms with E-state index in [2.05, 4.69) is 10.1 Å². The number of aromatic nitrogens is 2. The zero-order chi connectivity index (χ0) is 19.9. The highest BCUT2D eigenvalue weighted by atomic mass is 16.2. The molecule has 0 bridgehead atoms. The van der Waals surface area contributed by atoms with Gasteiger partial charge in [-0.3, -0.25) is 9.59 Å². The first-order valence-corrected chi connectivity index (χ1v) is 9.24. The second-order valence-electron chi connectivity index (χ2n) is 6.12. The van der Waals surface area contributed by atoms with Gasteiger partial charge in [0.1, 0.15) is 0 Å². The topological polar surface area (TPSA) is 67.6 Å². The lowest BCUT2D eigenvalue weighted by molar-refractivity contribution is -0.126. The van der Waals surface area contributed by atoms with Crippen LogP contribution in [0.25, 0.3) is 11.3 Å². The van der Waals surface area contributed by atoms with Crippen molar-refractivity contribution in [2.24, 2.45) is 5.10 Å². The molecule has 0 aliphatic heterocycles. The lowest BCUT2D eigenvalue weighted by Gasteiger charge is -2.18. The summed E-state index contributed by atoms with van der Waals surface area (Å²) in [6.07, 6.45) is 3.79. The maximum Gasteiger partial charge on any atom is 0.241 e. The Morgan fingerprint density at radius 1 is 0.964 bits per heavy atom. The molecule has 1 aromatic heterocycles. The van der Waals surface area contributed by atoms with Crippen LogP contribution in [0, 0.1) is 0 Å². The minimum atomic E-state index is -0.312. The second kappa shape index (κ2) is 8.90. The molecule has 6 heteroatoms. The zero-order valence-corrected chi connectivity index (χ0v) is 15.9. The molecular weight excluding hydrogens is 352 g/mol. The maximum absolute atomic E-state index is 12.5. The van der Waals surface area contributed by atoms with E-state index in [4.69, 9.17) is 0 Å². The highest BCUT2D eigenvalue weighted by Crippen LogP contribution is 2.24. The van der Waals surface area contributed by atoms with E-state index in [-0.39, 0.29) is 30.6 Å². The summed E-state index contributed by atoms with van der Waals surface area (Å²) >= 11 is 0. The van der Waals surface area contributed by atoms with Crippen molar-refractivity contribution in [3.8, 4) is 11.3 Å². The third kappa shape index (κ3) is 4.23. The van der Waals surface area contributed by atoms with Gasteiger partial charge in [-0.15, -0.1) is 0 Å². The van der Waals surface area contributed by atoms with Gasteiger partial charge in [-0.05, 0) is 5.56 Å². The lowest BCUT2D eigenvalue weighted by atomic mass is 10.2. The number of benzene rings is 2. The molecule has 6 nitrogen and oxygen atoms in total. The number of rotatable bonds is 6. The van der Waals surface area contributed by atoms with E-state index in [0.717, 1.165) is 16.0 Å². The van der Waals surface area contributed by atoms with Crippen LogP contribution in [0.4, 0.5) is 5.95 Å². The summed E-state index contributed by atoms with van der Waals surface area (Å²) in [6.45, 7) is 3.44. The molecule has 3 aromatic rings. The van der Waals surface area contributed by atoms with Gasteiger partial charge in [-0.1, -0.05) is 74.5 Å². The van der Waals surface area contributed by atoms with E-state index >= 15 is 0 Å². The van der Waals surface area contributed by atoms with Crippen molar-refractivity contribution in [1.29, 1.82) is 0 Å². The third-order valence-electron chi connectivity index (χ3n) is 4.17. The Morgan fingerprint density at radius 2 is 1.54 bits per heavy atom. The highest BCUT2D eigenvalue weighted by molar-refractivity contribution is 6.13. The predicted molar refractivity (Wildman–Crippen MR) is 110 cm³/mol. The Kier molecular flexibility index (Phi) is 6.11. The van der Waals surface area contributed by atoms with E-state index in [1.807, 2.05) is 60.7 Å². The molecule has 2 aromatic carbocycles. The average molecular weight is 374 g/mol. The molecular formula is C22H22N4O2. The van der Waals surface area contributed by atoms with Gasteiger partial charge in [-0.2, -0.15) is 5.10 Å². The summed E-state index contributed by atoms with van der Waals surface area (Å²) in [6, 6.07) is 19.2. The fourth-order valence-corrected chi connectivity index (χ4v) is 2.69. The molecule has 0 aliphatic carbocycles. The van der Waals surface area contributed by atoms with E-state index in [1.165, 1.54) is 4.68 Å². The SMILES string of the molecule is CCC(=O)N(C(=O)CC)c1nc(-c2ccccc2)cn1/N=C/c1ccccc1. The van der Waals surface area contributed by atoms with E-state index in [0.29, 0.717) is 5.69 Å². The number of hydrogen-bond donors (Lipinski definition) is 0. The van der Waals surface area contributed by atoms with Crippen LogP contribution in [0.5, 0.6) is 0 Å². The molecule has 0 aliphatic rings. The van der Waals surface area contributed by atoms with Gasteiger partial charge >= 0.3 is 0 Å². The first kappa shape index (κ1) is 19.2. The maximum atomic E-state index is 12.5. The number of carbonyl (C=O) groups excluding carboxylic acids is 2. The first-order valence-electron chi connectivity index (χ1n) is 9.24. The molecule has 28 heavy (non-hydrogen) atoms. The van der Waals surface area contributed by atoms with Crippen LogP contribution >= 0.6 is 0 Å². The van der Waals surface area contributed by atoms with Crippen LogP contribution in [-0.2, 0) is 9.59 Å². The van der Waals surface area contributed by atoms with Gasteiger partial charge in [0.15, 0.2) is 0 Å². The van der Waals surface area contributed by atoms with Crippen LogP contribution in [0.3, 0.4) is 0 Å². The standard InChI is InChI=1S/C22H22N4O2/c1-3-20(27)26(21(28)4-2)22-24-19(18-13-9-6-10-14-18)16-25(22)23-15-17-11-7-5-8-12-17/h5-16H,3-4H2,1-2H3/b23-15+. The third-order valence-corrected chi connectivity index (χ3v) is 4.17. The van der Waals surface area contributed by atoms with Gasteiger partial charge in [-0.25, -0.2) is 14.6 Å². The minimum absolute atomic E-state index is 0.196. The Morgan fingerprint density at radius 3 is 2.11 bits per heavy atom. The van der Waals surface area contributed by atoms with Crippen LogP contribution < -0.4 is 4.90 Å². The van der Waals surface area contributed by atoms with E-state index in [1.54, 1.807) is 26.3 Å². The van der Waals surface area contributed by atoms with E-state index in [9.17, 15) is 9.59 Å². The molecule has 1 heterocycles. The summed E-state index contributed by atoms with van der Waals surface area (Å²) < 4.78 is 1.48. The number of amides is 2. The van der Waals surface area contributed by atoms with Crippen molar-refractivity contribution in [2.45, 2.75) is 26.7 Å². The fraction of sp³-hybridized carbons (Fsp3) is 0.182. The largest absolute Gasteiger partial charge is 0.274 e. The fourth-order valence-electron chi connectivity index (χ4n) is 2.69. The number of anilines is 1. The van der Waals surface area contributed by atoms with Crippen molar-refractivity contribution >= 4 is 24.0 Å². The summed E-state index contributed by atoms with van der Waals surface area (Å²) in [5, 5.41) is 4.46. The molecule has 0 saturated heterocycles. The number of imide groups is 1. The van der Waals surface area contributed by atoms with Gasteiger partial charge in [0.25, 0.3) is 0 Å². The van der Waals surface area contributed by atoms with Crippen molar-refractivity contribution in [2.75, 3.05) is 4.90 Å². The Hall–Kier alpha value is -3.54. The molecule has 3 rings (SSSR count). The minimum Gasteiger partial charge on any atom is -0.274 e. The summed E-state index contributed by atoms with van der Waals surface area (Å²) in [7, 11) is 0. The van der Waals surface area contributed by atoms with Crippen LogP contribution in [0.1, 0.15) is 32.3 Å². The van der Waals surface area contributed by atoms with Crippen LogP contribution in [0.2, 0.25) is 0 Å². The van der Waals surface area contributed by atoms with Crippen LogP contribution in [-0.4, -0.2) is 27.7 Å². The molecule has 0 N–H and O–H groups in total. The number of nitrogens with zero attached hydrogens (tertiary/aromatic N) is 4. The number of carbonyl (C=O) groups is 2. The molecule has 0 atom stereocenters. The lowest BCUT2D eigenvalue weighted by Crippen LogP contribution is -2.37. The highest BCUT2D eigenvalue weighted by Gasteiger charge is 2.26. The van der Waals surface area contributed by atoms with Gasteiger partial charge in [0.05, 0.1) is 18.1 Å². The van der Waals surface area contributed by atoms with Gasteiger partial charge < -0.3 is 0 Å². The number of hydrogen-bond acceptors (Lipinski definition) is 4. The predicted octanol–water partition coefficient (Wildman–Crippen LogP) is 4.11. The molecule has 0 radical (unpaired) electrons. The van der Waals surface area contributed by atoms with Crippen molar-refractivity contribution < 1.29 is 9.59 Å². The molecule has 0 spiro atoms. The van der Waals surface area contributed by atoms with Crippen molar-refractivity contribution in [3.63, 3.8) is 0 Å². The second-order valence-corrected chi connectivity index (χ2v) is 6.12. The van der Waals surface area contributed by atoms with Gasteiger partial charge in [0.2, 0.25) is 17.8 Å². The zero-order valence-electron chi connectivity index (χ0n) is 15.9. The molecule has 142 valence electrons. The summed E-state index contributed by atoms with van der Waals surface area (Å²) in [5.41, 5.74) is 2.42. The van der Waals surface area contributed by atoms with Gasteiger partial charge in [0, 0.05) is 18.4 Å². The normalized spacial score (nSPS) is 10.9. The average Bonchev–Trinajstić information content (AvgIpc) is 3.17. The molecule has 0 unspecified atom stereocenters. The summed E-state index contributed by atoms with van der Waals surface area (Å²) in [4.78, 5) is 30.7. The molecule has 2 amide bonds. The smallest absolute Gasteiger partial charge is 0.241 e. The Bertz CT molecular complexity index is 962. The number of imidazole rings is 1. The Balaban J connectivity index is 2.10. The molecule has 0 saturated carbocycles. The van der Waals surface area contributed by atoms with Crippen molar-refractivity contribution in [3.05, 3.63) is 72.4 Å². The first-order chi connectivity index (χ1) is 13.6. The Labute approximate surface area is 164 Å². The van der Waals surface area contributed by atoms with Crippen LogP contribution in [0.15, 0.2) is 72.0 Å². The van der Waals surface area contributed by atoms with Crippen molar-refractivity contribution in [1.82, 2.24) is 9.66 Å². The summed E-state index contributed by atoms with van der Waals surface area (Å²) in [5.74, 6) is -0.425. The van der Waals surface area contributed by atoms with E-state index < -0.39 is 0 Å². The monoisotopic (exact) mass is 374 g/mol.